The molecule has 114 valence electrons. The van der Waals surface area contributed by atoms with Crippen LogP contribution in [-0.4, -0.2) is 22.7 Å². The van der Waals surface area contributed by atoms with Crippen LogP contribution in [0.2, 0.25) is 0 Å². The van der Waals surface area contributed by atoms with Crippen molar-refractivity contribution in [1.82, 2.24) is 5.32 Å². The molecule has 0 atom stereocenters. The summed E-state index contributed by atoms with van der Waals surface area (Å²) in [6.45, 7) is 0.269. The topological polar surface area (TPSA) is 104 Å². The zero-order valence-electron chi connectivity index (χ0n) is 11.7. The summed E-state index contributed by atoms with van der Waals surface area (Å²) in [6.07, 6.45) is -0.597. The number of anilines is 2. The SMILES string of the molecule is O=C(O)NCCc1ccccc1Nc1ccccc1[N+](=O)[O-]. The maximum atomic E-state index is 11.0. The van der Waals surface area contributed by atoms with E-state index < -0.39 is 11.0 Å². The maximum Gasteiger partial charge on any atom is 0.404 e. The molecule has 0 unspecified atom stereocenters. The lowest BCUT2D eigenvalue weighted by Crippen LogP contribution is -2.23. The molecule has 0 aliphatic heterocycles. The van der Waals surface area contributed by atoms with Crippen LogP contribution in [0.1, 0.15) is 5.56 Å². The Morgan fingerprint density at radius 3 is 2.41 bits per heavy atom. The van der Waals surface area contributed by atoms with E-state index in [2.05, 4.69) is 10.6 Å². The molecule has 0 aliphatic rings. The number of rotatable bonds is 6. The van der Waals surface area contributed by atoms with Crippen LogP contribution in [0.4, 0.5) is 21.9 Å². The summed E-state index contributed by atoms with van der Waals surface area (Å²) in [5.74, 6) is 0. The van der Waals surface area contributed by atoms with Crippen molar-refractivity contribution in [3.63, 3.8) is 0 Å². The number of para-hydroxylation sites is 3. The molecule has 3 N–H and O–H groups in total. The summed E-state index contributed by atoms with van der Waals surface area (Å²) in [5, 5.41) is 25.0. The van der Waals surface area contributed by atoms with Crippen molar-refractivity contribution in [2.24, 2.45) is 0 Å². The molecule has 1 amide bonds. The highest BCUT2D eigenvalue weighted by molar-refractivity contribution is 5.71. The van der Waals surface area contributed by atoms with Crippen LogP contribution in [0.15, 0.2) is 48.5 Å². The third-order valence-corrected chi connectivity index (χ3v) is 3.06. The number of hydrogen-bond acceptors (Lipinski definition) is 4. The number of benzene rings is 2. The zero-order chi connectivity index (χ0) is 15.9. The molecule has 22 heavy (non-hydrogen) atoms. The Hall–Kier alpha value is -3.09. The maximum absolute atomic E-state index is 11.0. The molecule has 0 spiro atoms. The van der Waals surface area contributed by atoms with E-state index in [1.807, 2.05) is 18.2 Å². The Labute approximate surface area is 126 Å². The van der Waals surface area contributed by atoms with Crippen molar-refractivity contribution in [2.75, 3.05) is 11.9 Å². The lowest BCUT2D eigenvalue weighted by molar-refractivity contribution is -0.383. The second-order valence-corrected chi connectivity index (χ2v) is 4.54. The first-order valence-corrected chi connectivity index (χ1v) is 6.63. The van der Waals surface area contributed by atoms with E-state index in [0.29, 0.717) is 17.8 Å². The predicted octanol–water partition coefficient (Wildman–Crippen LogP) is 3.15. The summed E-state index contributed by atoms with van der Waals surface area (Å²) < 4.78 is 0. The molecule has 0 fully saturated rings. The third-order valence-electron chi connectivity index (χ3n) is 3.06. The highest BCUT2D eigenvalue weighted by Gasteiger charge is 2.13. The molecule has 0 aliphatic carbocycles. The minimum absolute atomic E-state index is 0.0130. The van der Waals surface area contributed by atoms with Gasteiger partial charge in [-0.15, -0.1) is 0 Å². The van der Waals surface area contributed by atoms with Crippen molar-refractivity contribution in [1.29, 1.82) is 0 Å². The van der Waals surface area contributed by atoms with Crippen molar-refractivity contribution in [2.45, 2.75) is 6.42 Å². The quantitative estimate of drug-likeness (QED) is 0.561. The molecule has 0 radical (unpaired) electrons. The highest BCUT2D eigenvalue weighted by atomic mass is 16.6. The Balaban J connectivity index is 2.19. The molecule has 0 saturated carbocycles. The van der Waals surface area contributed by atoms with Gasteiger partial charge in [-0.2, -0.15) is 0 Å². The number of nitrogens with one attached hydrogen (secondary N) is 2. The summed E-state index contributed by atoms with van der Waals surface area (Å²) >= 11 is 0. The van der Waals surface area contributed by atoms with Gasteiger partial charge < -0.3 is 15.7 Å². The first-order valence-electron chi connectivity index (χ1n) is 6.63. The van der Waals surface area contributed by atoms with Crippen LogP contribution in [0.5, 0.6) is 0 Å². The Morgan fingerprint density at radius 2 is 1.73 bits per heavy atom. The minimum atomic E-state index is -1.08. The molecule has 0 aromatic heterocycles. The monoisotopic (exact) mass is 301 g/mol. The number of nitro benzene ring substituents is 1. The average Bonchev–Trinajstić information content (AvgIpc) is 2.49. The molecule has 0 saturated heterocycles. The summed E-state index contributed by atoms with van der Waals surface area (Å²) in [7, 11) is 0. The number of carboxylic acid groups (broad SMARTS) is 1. The van der Waals surface area contributed by atoms with Gasteiger partial charge in [0.15, 0.2) is 0 Å². The first-order chi connectivity index (χ1) is 10.6. The number of amides is 1. The van der Waals surface area contributed by atoms with Gasteiger partial charge in [0.2, 0.25) is 0 Å². The van der Waals surface area contributed by atoms with Gasteiger partial charge in [0.25, 0.3) is 5.69 Å². The molecule has 2 aromatic carbocycles. The molecular formula is C15H15N3O4. The Kier molecular flexibility index (Phi) is 4.92. The van der Waals surface area contributed by atoms with Gasteiger partial charge in [-0.1, -0.05) is 30.3 Å². The summed E-state index contributed by atoms with van der Waals surface area (Å²) in [5.41, 5.74) is 1.96. The standard InChI is InChI=1S/C15H15N3O4/c19-15(20)16-10-9-11-5-1-2-6-12(11)17-13-7-3-4-8-14(13)18(21)22/h1-8,16-17H,9-10H2,(H,19,20). The van der Waals surface area contributed by atoms with E-state index in [4.69, 9.17) is 5.11 Å². The van der Waals surface area contributed by atoms with Crippen molar-refractivity contribution in [3.8, 4) is 0 Å². The second kappa shape index (κ2) is 7.07. The normalized spacial score (nSPS) is 10.0. The Morgan fingerprint density at radius 1 is 1.09 bits per heavy atom. The van der Waals surface area contributed by atoms with Gasteiger partial charge in [0.1, 0.15) is 5.69 Å². The van der Waals surface area contributed by atoms with Crippen LogP contribution in [0.3, 0.4) is 0 Å². The third kappa shape index (κ3) is 3.95. The van der Waals surface area contributed by atoms with Crippen molar-refractivity contribution >= 4 is 23.2 Å². The lowest BCUT2D eigenvalue weighted by atomic mass is 10.1. The number of hydrogen-bond donors (Lipinski definition) is 3. The van der Waals surface area contributed by atoms with Gasteiger partial charge >= 0.3 is 6.09 Å². The van der Waals surface area contributed by atoms with Crippen LogP contribution < -0.4 is 10.6 Å². The molecular weight excluding hydrogens is 286 g/mol. The van der Waals surface area contributed by atoms with Crippen molar-refractivity contribution in [3.05, 3.63) is 64.2 Å². The average molecular weight is 301 g/mol. The summed E-state index contributed by atoms with van der Waals surface area (Å²) in [4.78, 5) is 21.1. The van der Waals surface area contributed by atoms with Crippen LogP contribution in [0.25, 0.3) is 0 Å². The molecule has 0 heterocycles. The number of nitrogens with zero attached hydrogens (tertiary/aromatic N) is 1. The minimum Gasteiger partial charge on any atom is -0.465 e. The van der Waals surface area contributed by atoms with E-state index >= 15 is 0 Å². The van der Waals surface area contributed by atoms with E-state index in [-0.39, 0.29) is 12.2 Å². The van der Waals surface area contributed by atoms with E-state index in [0.717, 1.165) is 5.56 Å². The number of nitro groups is 1. The van der Waals surface area contributed by atoms with Gasteiger partial charge in [-0.3, -0.25) is 10.1 Å². The lowest BCUT2D eigenvalue weighted by Gasteiger charge is -2.12. The van der Waals surface area contributed by atoms with Gasteiger partial charge in [0.05, 0.1) is 4.92 Å². The van der Waals surface area contributed by atoms with E-state index in [9.17, 15) is 14.9 Å². The smallest absolute Gasteiger partial charge is 0.404 e. The van der Waals surface area contributed by atoms with E-state index in [1.54, 1.807) is 24.3 Å². The highest BCUT2D eigenvalue weighted by Crippen LogP contribution is 2.28. The molecule has 0 bridgehead atoms. The van der Waals surface area contributed by atoms with Crippen LogP contribution in [-0.2, 0) is 6.42 Å². The van der Waals surface area contributed by atoms with Gasteiger partial charge in [-0.25, -0.2) is 4.79 Å². The zero-order valence-corrected chi connectivity index (χ0v) is 11.7. The molecule has 7 heteroatoms. The largest absolute Gasteiger partial charge is 0.465 e. The summed E-state index contributed by atoms with van der Waals surface area (Å²) in [6, 6.07) is 13.7. The first kappa shape index (κ1) is 15.3. The molecule has 2 aromatic rings. The fourth-order valence-electron chi connectivity index (χ4n) is 2.05. The second-order valence-electron chi connectivity index (χ2n) is 4.54. The predicted molar refractivity (Wildman–Crippen MR) is 82.6 cm³/mol. The van der Waals surface area contributed by atoms with Crippen LogP contribution >= 0.6 is 0 Å². The van der Waals surface area contributed by atoms with Gasteiger partial charge in [0, 0.05) is 18.3 Å². The van der Waals surface area contributed by atoms with E-state index in [1.165, 1.54) is 6.07 Å². The van der Waals surface area contributed by atoms with Gasteiger partial charge in [-0.05, 0) is 24.1 Å². The molecule has 7 nitrogen and oxygen atoms in total. The fourth-order valence-corrected chi connectivity index (χ4v) is 2.05. The van der Waals surface area contributed by atoms with Crippen LogP contribution in [0, 0.1) is 10.1 Å². The fraction of sp³-hybridized carbons (Fsp3) is 0.133. The van der Waals surface area contributed by atoms with Crippen molar-refractivity contribution < 1.29 is 14.8 Å². The molecule has 2 rings (SSSR count). The Bertz CT molecular complexity index is 688. The number of carbonyl (C=O) groups is 1.